The SMILES string of the molecule is Nc1ccc(F)c(C(=O)c2cc(Cl)cc3c2OCC3)c1. The molecule has 0 aromatic heterocycles. The number of anilines is 1. The Bertz CT molecular complexity index is 715. The molecule has 0 aliphatic carbocycles. The first-order valence-corrected chi connectivity index (χ1v) is 6.49. The zero-order valence-electron chi connectivity index (χ0n) is 10.5. The first kappa shape index (κ1) is 12.9. The largest absolute Gasteiger partial charge is 0.492 e. The van der Waals surface area contributed by atoms with Gasteiger partial charge in [-0.15, -0.1) is 0 Å². The number of carbonyl (C=O) groups excluding carboxylic acids is 1. The number of hydrogen-bond donors (Lipinski definition) is 1. The number of carbonyl (C=O) groups is 1. The van der Waals surface area contributed by atoms with E-state index in [0.29, 0.717) is 29.5 Å². The average Bonchev–Trinajstić information content (AvgIpc) is 2.87. The summed E-state index contributed by atoms with van der Waals surface area (Å²) in [4.78, 5) is 12.5. The minimum Gasteiger partial charge on any atom is -0.492 e. The van der Waals surface area contributed by atoms with Gasteiger partial charge in [-0.05, 0) is 35.9 Å². The molecule has 20 heavy (non-hydrogen) atoms. The second kappa shape index (κ2) is 4.80. The summed E-state index contributed by atoms with van der Waals surface area (Å²) >= 11 is 6.00. The van der Waals surface area contributed by atoms with Crippen LogP contribution in [0.2, 0.25) is 5.02 Å². The normalized spacial score (nSPS) is 12.9. The first-order valence-electron chi connectivity index (χ1n) is 6.11. The molecule has 2 N–H and O–H groups in total. The van der Waals surface area contributed by atoms with E-state index in [-0.39, 0.29) is 11.1 Å². The maximum absolute atomic E-state index is 13.8. The second-order valence-corrected chi connectivity index (χ2v) is 5.04. The number of benzene rings is 2. The molecule has 0 unspecified atom stereocenters. The quantitative estimate of drug-likeness (QED) is 0.683. The van der Waals surface area contributed by atoms with E-state index in [0.717, 1.165) is 5.56 Å². The summed E-state index contributed by atoms with van der Waals surface area (Å²) in [7, 11) is 0. The van der Waals surface area contributed by atoms with E-state index in [1.807, 2.05) is 0 Å². The molecule has 0 atom stereocenters. The summed E-state index contributed by atoms with van der Waals surface area (Å²) in [6.07, 6.45) is 0.690. The van der Waals surface area contributed by atoms with E-state index in [9.17, 15) is 9.18 Å². The van der Waals surface area contributed by atoms with Gasteiger partial charge in [-0.25, -0.2) is 4.39 Å². The lowest BCUT2D eigenvalue weighted by atomic mass is 9.99. The van der Waals surface area contributed by atoms with Crippen LogP contribution >= 0.6 is 11.6 Å². The molecule has 2 aromatic rings. The van der Waals surface area contributed by atoms with Crippen LogP contribution in [-0.4, -0.2) is 12.4 Å². The van der Waals surface area contributed by atoms with Crippen molar-refractivity contribution < 1.29 is 13.9 Å². The molecule has 0 bridgehead atoms. The van der Waals surface area contributed by atoms with Crippen molar-refractivity contribution in [2.24, 2.45) is 0 Å². The van der Waals surface area contributed by atoms with E-state index in [1.54, 1.807) is 6.07 Å². The Morgan fingerprint density at radius 2 is 2.05 bits per heavy atom. The fourth-order valence-electron chi connectivity index (χ4n) is 2.30. The van der Waals surface area contributed by atoms with Gasteiger partial charge in [0.05, 0.1) is 17.7 Å². The number of nitrogen functional groups attached to an aromatic ring is 1. The number of ketones is 1. The van der Waals surface area contributed by atoms with Crippen molar-refractivity contribution in [3.8, 4) is 5.75 Å². The van der Waals surface area contributed by atoms with Crippen molar-refractivity contribution in [1.82, 2.24) is 0 Å². The molecule has 0 fully saturated rings. The minimum absolute atomic E-state index is 0.0787. The maximum Gasteiger partial charge on any atom is 0.199 e. The molecule has 1 aliphatic heterocycles. The zero-order chi connectivity index (χ0) is 14.3. The van der Waals surface area contributed by atoms with Crippen LogP contribution in [0.3, 0.4) is 0 Å². The summed E-state index contributed by atoms with van der Waals surface area (Å²) in [5.41, 5.74) is 7.00. The highest BCUT2D eigenvalue weighted by atomic mass is 35.5. The van der Waals surface area contributed by atoms with Crippen LogP contribution < -0.4 is 10.5 Å². The molecule has 0 saturated carbocycles. The Labute approximate surface area is 120 Å². The third kappa shape index (κ3) is 2.12. The Hall–Kier alpha value is -2.07. The van der Waals surface area contributed by atoms with Crippen LogP contribution in [0.5, 0.6) is 5.75 Å². The van der Waals surface area contributed by atoms with Gasteiger partial charge in [0.25, 0.3) is 0 Å². The van der Waals surface area contributed by atoms with Crippen molar-refractivity contribution >= 4 is 23.1 Å². The number of halogens is 2. The van der Waals surface area contributed by atoms with Crippen LogP contribution in [0, 0.1) is 5.82 Å². The Kier molecular flexibility index (Phi) is 3.10. The highest BCUT2D eigenvalue weighted by Gasteiger charge is 2.24. The predicted molar refractivity (Wildman–Crippen MR) is 74.9 cm³/mol. The monoisotopic (exact) mass is 291 g/mol. The summed E-state index contributed by atoms with van der Waals surface area (Å²) in [6, 6.07) is 7.16. The molecular formula is C15H11ClFNO2. The zero-order valence-corrected chi connectivity index (χ0v) is 11.2. The van der Waals surface area contributed by atoms with Gasteiger partial charge in [0.2, 0.25) is 0 Å². The summed E-state index contributed by atoms with van der Waals surface area (Å²) in [5, 5.41) is 0.432. The molecule has 102 valence electrons. The molecule has 1 heterocycles. The van der Waals surface area contributed by atoms with Crippen molar-refractivity contribution in [3.63, 3.8) is 0 Å². The first-order chi connectivity index (χ1) is 9.56. The van der Waals surface area contributed by atoms with Crippen LogP contribution in [0.15, 0.2) is 30.3 Å². The van der Waals surface area contributed by atoms with E-state index >= 15 is 0 Å². The molecule has 0 saturated heterocycles. The molecule has 0 radical (unpaired) electrons. The number of fused-ring (bicyclic) bond motifs is 1. The molecule has 0 spiro atoms. The van der Waals surface area contributed by atoms with Gasteiger partial charge in [-0.3, -0.25) is 4.79 Å². The topological polar surface area (TPSA) is 52.3 Å². The molecule has 2 aromatic carbocycles. The van der Waals surface area contributed by atoms with Crippen LogP contribution in [-0.2, 0) is 6.42 Å². The van der Waals surface area contributed by atoms with Gasteiger partial charge in [0.1, 0.15) is 11.6 Å². The van der Waals surface area contributed by atoms with Gasteiger partial charge in [-0.1, -0.05) is 11.6 Å². The van der Waals surface area contributed by atoms with Crippen molar-refractivity contribution in [3.05, 3.63) is 57.9 Å². The second-order valence-electron chi connectivity index (χ2n) is 4.61. The maximum atomic E-state index is 13.8. The summed E-state index contributed by atoms with van der Waals surface area (Å²) in [5.74, 6) is -0.604. The lowest BCUT2D eigenvalue weighted by molar-refractivity contribution is 0.103. The van der Waals surface area contributed by atoms with Gasteiger partial charge >= 0.3 is 0 Å². The lowest BCUT2D eigenvalue weighted by Crippen LogP contribution is -2.07. The molecule has 0 amide bonds. The molecule has 5 heteroatoms. The Balaban J connectivity index is 2.14. The van der Waals surface area contributed by atoms with Gasteiger partial charge in [-0.2, -0.15) is 0 Å². The number of hydrogen-bond acceptors (Lipinski definition) is 3. The highest BCUT2D eigenvalue weighted by molar-refractivity contribution is 6.31. The van der Waals surface area contributed by atoms with E-state index in [4.69, 9.17) is 22.1 Å². The third-order valence-corrected chi connectivity index (χ3v) is 3.45. The molecule has 1 aliphatic rings. The van der Waals surface area contributed by atoms with Gasteiger partial charge in [0.15, 0.2) is 5.78 Å². The summed E-state index contributed by atoms with van der Waals surface area (Å²) in [6.45, 7) is 0.495. The number of nitrogens with two attached hydrogens (primary N) is 1. The fourth-order valence-corrected chi connectivity index (χ4v) is 2.54. The van der Waals surface area contributed by atoms with Crippen LogP contribution in [0.4, 0.5) is 10.1 Å². The van der Waals surface area contributed by atoms with Gasteiger partial charge in [0, 0.05) is 17.1 Å². The number of ether oxygens (including phenoxy) is 1. The van der Waals surface area contributed by atoms with E-state index in [2.05, 4.69) is 0 Å². The van der Waals surface area contributed by atoms with Crippen molar-refractivity contribution in [1.29, 1.82) is 0 Å². The number of rotatable bonds is 2. The smallest absolute Gasteiger partial charge is 0.199 e. The predicted octanol–water partition coefficient (Wildman–Crippen LogP) is 3.23. The minimum atomic E-state index is -0.615. The lowest BCUT2D eigenvalue weighted by Gasteiger charge is -2.09. The standard InChI is InChI=1S/C15H11ClFNO2/c16-9-5-8-3-4-20-15(8)12(6-9)14(19)11-7-10(18)1-2-13(11)17/h1-2,5-7H,3-4,18H2. The fraction of sp³-hybridized carbons (Fsp3) is 0.133. The van der Waals surface area contributed by atoms with Crippen molar-refractivity contribution in [2.45, 2.75) is 6.42 Å². The summed E-state index contributed by atoms with van der Waals surface area (Å²) < 4.78 is 19.3. The molecule has 3 nitrogen and oxygen atoms in total. The molecule has 3 rings (SSSR count). The Morgan fingerprint density at radius 1 is 1.25 bits per heavy atom. The van der Waals surface area contributed by atoms with Gasteiger partial charge < -0.3 is 10.5 Å². The van der Waals surface area contributed by atoms with Crippen LogP contribution in [0.25, 0.3) is 0 Å². The van der Waals surface area contributed by atoms with Crippen molar-refractivity contribution in [2.75, 3.05) is 12.3 Å². The molecular weight excluding hydrogens is 281 g/mol. The van der Waals surface area contributed by atoms with E-state index < -0.39 is 11.6 Å². The van der Waals surface area contributed by atoms with E-state index in [1.165, 1.54) is 24.3 Å². The average molecular weight is 292 g/mol. The third-order valence-electron chi connectivity index (χ3n) is 3.23. The van der Waals surface area contributed by atoms with Crippen LogP contribution in [0.1, 0.15) is 21.5 Å². The highest BCUT2D eigenvalue weighted by Crippen LogP contribution is 2.34. The Morgan fingerprint density at radius 3 is 2.85 bits per heavy atom.